The van der Waals surface area contributed by atoms with Crippen LogP contribution in [-0.4, -0.2) is 65.1 Å². The number of benzene rings is 1. The third-order valence-electron chi connectivity index (χ3n) is 6.44. The second kappa shape index (κ2) is 6.81. The van der Waals surface area contributed by atoms with Crippen LogP contribution < -0.4 is 9.47 Å². The summed E-state index contributed by atoms with van der Waals surface area (Å²) in [5.74, 6) is 1.44. The smallest absolute Gasteiger partial charge is 0.253 e. The van der Waals surface area contributed by atoms with E-state index in [9.17, 15) is 4.79 Å². The number of aromatic nitrogens is 2. The molecule has 1 spiro atoms. The highest BCUT2D eigenvalue weighted by atomic mass is 16.6. The van der Waals surface area contributed by atoms with Crippen LogP contribution in [0.25, 0.3) is 0 Å². The number of piperidine rings is 1. The fourth-order valence-electron chi connectivity index (χ4n) is 4.98. The largest absolute Gasteiger partial charge is 0.486 e. The van der Waals surface area contributed by atoms with Crippen LogP contribution in [0, 0.1) is 0 Å². The number of likely N-dealkylation sites (N-methyl/N-ethyl adjacent to an activating group) is 1. The van der Waals surface area contributed by atoms with Gasteiger partial charge in [-0.1, -0.05) is 6.92 Å². The molecule has 28 heavy (non-hydrogen) atoms. The molecule has 7 heteroatoms. The van der Waals surface area contributed by atoms with Crippen molar-refractivity contribution in [1.29, 1.82) is 0 Å². The van der Waals surface area contributed by atoms with Crippen molar-refractivity contribution in [1.82, 2.24) is 19.8 Å². The van der Waals surface area contributed by atoms with Gasteiger partial charge in [-0.2, -0.15) is 0 Å². The lowest BCUT2D eigenvalue weighted by atomic mass is 9.78. The highest BCUT2D eigenvalue weighted by molar-refractivity contribution is 5.95. The molecular formula is C21H26N4O3. The number of aromatic amines is 1. The maximum Gasteiger partial charge on any atom is 0.253 e. The van der Waals surface area contributed by atoms with Crippen molar-refractivity contribution in [3.63, 3.8) is 0 Å². The Balaban J connectivity index is 1.35. The van der Waals surface area contributed by atoms with E-state index >= 15 is 0 Å². The molecule has 3 aliphatic heterocycles. The Bertz CT molecular complexity index is 886. The quantitative estimate of drug-likeness (QED) is 0.862. The third kappa shape index (κ3) is 2.68. The van der Waals surface area contributed by atoms with E-state index in [0.29, 0.717) is 30.3 Å². The first kappa shape index (κ1) is 17.6. The van der Waals surface area contributed by atoms with Gasteiger partial charge in [0.15, 0.2) is 11.5 Å². The van der Waals surface area contributed by atoms with Crippen molar-refractivity contribution >= 4 is 5.91 Å². The van der Waals surface area contributed by atoms with Crippen molar-refractivity contribution < 1.29 is 14.3 Å². The molecule has 5 rings (SSSR count). The fraction of sp³-hybridized carbons (Fsp3) is 0.524. The van der Waals surface area contributed by atoms with E-state index in [2.05, 4.69) is 21.8 Å². The minimum absolute atomic E-state index is 0.0497. The second-order valence-electron chi connectivity index (χ2n) is 7.74. The van der Waals surface area contributed by atoms with Gasteiger partial charge in [-0.25, -0.2) is 4.98 Å². The summed E-state index contributed by atoms with van der Waals surface area (Å²) in [5, 5.41) is 0. The molecule has 1 aromatic heterocycles. The van der Waals surface area contributed by atoms with Crippen LogP contribution in [0.2, 0.25) is 0 Å². The van der Waals surface area contributed by atoms with E-state index < -0.39 is 0 Å². The van der Waals surface area contributed by atoms with Crippen LogP contribution in [0.15, 0.2) is 24.5 Å². The van der Waals surface area contributed by atoms with Gasteiger partial charge in [-0.15, -0.1) is 0 Å². The minimum Gasteiger partial charge on any atom is -0.486 e. The van der Waals surface area contributed by atoms with Crippen LogP contribution >= 0.6 is 0 Å². The van der Waals surface area contributed by atoms with E-state index in [0.717, 1.165) is 45.4 Å². The van der Waals surface area contributed by atoms with Crippen molar-refractivity contribution in [2.45, 2.75) is 31.7 Å². The van der Waals surface area contributed by atoms with E-state index in [-0.39, 0.29) is 11.4 Å². The van der Waals surface area contributed by atoms with Gasteiger partial charge in [0.1, 0.15) is 13.2 Å². The van der Waals surface area contributed by atoms with Gasteiger partial charge in [-0.05, 0) is 37.6 Å². The lowest BCUT2D eigenvalue weighted by Gasteiger charge is -2.50. The molecule has 0 atom stereocenters. The number of likely N-dealkylation sites (tertiary alicyclic amines) is 1. The Hall–Kier alpha value is -2.54. The van der Waals surface area contributed by atoms with E-state index in [1.807, 2.05) is 29.4 Å². The van der Waals surface area contributed by atoms with Crippen LogP contribution in [0.4, 0.5) is 0 Å². The lowest BCUT2D eigenvalue weighted by molar-refractivity contribution is 0.0102. The first-order chi connectivity index (χ1) is 13.7. The summed E-state index contributed by atoms with van der Waals surface area (Å²) in [5.41, 5.74) is 3.06. The number of amides is 1. The first-order valence-electron chi connectivity index (χ1n) is 10.2. The molecule has 1 amide bonds. The summed E-state index contributed by atoms with van der Waals surface area (Å²) in [6.07, 6.45) is 4.66. The molecule has 148 valence electrons. The third-order valence-corrected chi connectivity index (χ3v) is 6.44. The van der Waals surface area contributed by atoms with E-state index in [1.54, 1.807) is 0 Å². The van der Waals surface area contributed by atoms with Crippen LogP contribution in [0.5, 0.6) is 11.5 Å². The van der Waals surface area contributed by atoms with Gasteiger partial charge in [0.05, 0.1) is 17.6 Å². The fourth-order valence-corrected chi connectivity index (χ4v) is 4.98. The number of hydrogen-bond acceptors (Lipinski definition) is 5. The maximum atomic E-state index is 13.1. The molecule has 1 aromatic carbocycles. The van der Waals surface area contributed by atoms with Gasteiger partial charge in [0, 0.05) is 37.3 Å². The summed E-state index contributed by atoms with van der Waals surface area (Å²) in [6, 6.07) is 5.49. The Morgan fingerprint density at radius 3 is 2.75 bits per heavy atom. The molecule has 2 aromatic rings. The molecule has 0 unspecified atom stereocenters. The van der Waals surface area contributed by atoms with Gasteiger partial charge < -0.3 is 19.4 Å². The standard InChI is InChI=1S/C21H26N4O3/c1-2-25-8-5-16-19(23-14-22-16)21(25)6-9-24(10-7-21)20(26)15-3-4-17-18(13-15)28-12-11-27-17/h3-4,13-14H,2,5-12H2,1H3,(H,22,23). The molecule has 1 N–H and O–H groups in total. The molecule has 0 saturated carbocycles. The topological polar surface area (TPSA) is 70.7 Å². The Morgan fingerprint density at radius 2 is 1.96 bits per heavy atom. The zero-order chi connectivity index (χ0) is 19.1. The summed E-state index contributed by atoms with van der Waals surface area (Å²) < 4.78 is 11.2. The van der Waals surface area contributed by atoms with Crippen LogP contribution in [0.1, 0.15) is 41.5 Å². The summed E-state index contributed by atoms with van der Waals surface area (Å²) in [7, 11) is 0. The number of hydrogen-bond donors (Lipinski definition) is 1. The van der Waals surface area contributed by atoms with E-state index in [4.69, 9.17) is 9.47 Å². The molecule has 3 aliphatic rings. The number of carbonyl (C=O) groups is 1. The molecule has 0 aliphatic carbocycles. The zero-order valence-corrected chi connectivity index (χ0v) is 16.2. The molecular weight excluding hydrogens is 356 g/mol. The molecule has 4 heterocycles. The Morgan fingerprint density at radius 1 is 1.18 bits per heavy atom. The predicted octanol–water partition coefficient (Wildman–Crippen LogP) is 2.19. The van der Waals surface area contributed by atoms with Gasteiger partial charge >= 0.3 is 0 Å². The average molecular weight is 382 g/mol. The van der Waals surface area contributed by atoms with E-state index in [1.165, 1.54) is 11.4 Å². The SMILES string of the molecule is CCN1CCc2[nH]cnc2C12CCN(C(=O)c1ccc3c(c1)OCCO3)CC2. The number of carbonyl (C=O) groups excluding carboxylic acids is 1. The molecule has 7 nitrogen and oxygen atoms in total. The molecule has 1 fully saturated rings. The number of nitrogens with one attached hydrogen (secondary N) is 1. The monoisotopic (exact) mass is 382 g/mol. The van der Waals surface area contributed by atoms with Crippen molar-refractivity contribution in [3.8, 4) is 11.5 Å². The molecule has 0 bridgehead atoms. The first-order valence-corrected chi connectivity index (χ1v) is 10.2. The minimum atomic E-state index is -0.0497. The summed E-state index contributed by atoms with van der Waals surface area (Å²) in [6.45, 7) is 6.80. The number of fused-ring (bicyclic) bond motifs is 3. The Kier molecular flexibility index (Phi) is 4.27. The lowest BCUT2D eigenvalue weighted by Crippen LogP contribution is -2.57. The van der Waals surface area contributed by atoms with Crippen molar-refractivity contribution in [2.24, 2.45) is 0 Å². The number of ether oxygens (including phenoxy) is 2. The highest BCUT2D eigenvalue weighted by Crippen LogP contribution is 2.42. The highest BCUT2D eigenvalue weighted by Gasteiger charge is 2.46. The average Bonchev–Trinajstić information content (AvgIpc) is 3.24. The number of H-pyrrole nitrogens is 1. The second-order valence-corrected chi connectivity index (χ2v) is 7.74. The number of nitrogens with zero attached hydrogens (tertiary/aromatic N) is 3. The summed E-state index contributed by atoms with van der Waals surface area (Å²) >= 11 is 0. The molecule has 1 saturated heterocycles. The normalized spacial score (nSPS) is 20.8. The maximum absolute atomic E-state index is 13.1. The van der Waals surface area contributed by atoms with Crippen LogP contribution in [0.3, 0.4) is 0 Å². The summed E-state index contributed by atoms with van der Waals surface area (Å²) in [4.78, 5) is 25.6. The zero-order valence-electron chi connectivity index (χ0n) is 16.2. The van der Waals surface area contributed by atoms with Crippen LogP contribution in [-0.2, 0) is 12.0 Å². The Labute approximate surface area is 164 Å². The van der Waals surface area contributed by atoms with Gasteiger partial charge in [-0.3, -0.25) is 9.69 Å². The van der Waals surface area contributed by atoms with Crippen molar-refractivity contribution in [2.75, 3.05) is 39.4 Å². The van der Waals surface area contributed by atoms with Gasteiger partial charge in [0.25, 0.3) is 5.91 Å². The number of imidazole rings is 1. The van der Waals surface area contributed by atoms with Crippen molar-refractivity contribution in [3.05, 3.63) is 41.5 Å². The van der Waals surface area contributed by atoms with Gasteiger partial charge in [0.2, 0.25) is 0 Å². The number of rotatable bonds is 2. The predicted molar refractivity (Wildman–Crippen MR) is 104 cm³/mol. The molecule has 0 radical (unpaired) electrons.